The van der Waals surface area contributed by atoms with Gasteiger partial charge in [0, 0.05) is 25.6 Å². The Morgan fingerprint density at radius 3 is 2.25 bits per heavy atom. The number of likely N-dealkylation sites (tertiary alicyclic amines) is 1. The first-order chi connectivity index (χ1) is 7.40. The Hall–Kier alpha value is -0.570. The van der Waals surface area contributed by atoms with Crippen molar-refractivity contribution in [1.82, 2.24) is 4.90 Å². The van der Waals surface area contributed by atoms with Crippen molar-refractivity contribution in [1.29, 1.82) is 0 Å². The van der Waals surface area contributed by atoms with Crippen molar-refractivity contribution in [3.63, 3.8) is 0 Å². The number of hydrogen-bond acceptors (Lipinski definition) is 2. The first-order valence-corrected chi connectivity index (χ1v) is 6.43. The molecule has 1 rings (SSSR count). The van der Waals surface area contributed by atoms with Gasteiger partial charge in [-0.05, 0) is 24.2 Å². The fourth-order valence-corrected chi connectivity index (χ4v) is 2.43. The van der Waals surface area contributed by atoms with Crippen LogP contribution in [-0.2, 0) is 4.79 Å². The van der Waals surface area contributed by atoms with Gasteiger partial charge in [-0.2, -0.15) is 0 Å². The zero-order valence-electron chi connectivity index (χ0n) is 11.1. The van der Waals surface area contributed by atoms with Crippen molar-refractivity contribution < 1.29 is 4.79 Å². The summed E-state index contributed by atoms with van der Waals surface area (Å²) in [5.41, 5.74) is 5.95. The molecule has 94 valence electrons. The summed E-state index contributed by atoms with van der Waals surface area (Å²) in [7, 11) is 0. The zero-order chi connectivity index (χ0) is 12.3. The van der Waals surface area contributed by atoms with Gasteiger partial charge in [-0.3, -0.25) is 4.79 Å². The molecule has 1 fully saturated rings. The van der Waals surface area contributed by atoms with Gasteiger partial charge in [0.05, 0.1) is 0 Å². The minimum absolute atomic E-state index is 0.0000359. The Kier molecular flexibility index (Phi) is 4.78. The Balaban J connectivity index is 2.47. The summed E-state index contributed by atoms with van der Waals surface area (Å²) in [6.07, 6.45) is 1.73. The largest absolute Gasteiger partial charge is 0.342 e. The molecule has 0 bridgehead atoms. The third-order valence-electron chi connectivity index (χ3n) is 3.49. The van der Waals surface area contributed by atoms with Crippen LogP contribution in [0.3, 0.4) is 0 Å². The van der Waals surface area contributed by atoms with E-state index in [0.717, 1.165) is 13.1 Å². The molecule has 1 saturated heterocycles. The van der Waals surface area contributed by atoms with Crippen LogP contribution in [-0.4, -0.2) is 29.9 Å². The SMILES string of the molecule is CC1CC(C)CN(C(=O)CC(N)C(C)C)C1. The van der Waals surface area contributed by atoms with Crippen LogP contribution in [0.25, 0.3) is 0 Å². The van der Waals surface area contributed by atoms with E-state index in [4.69, 9.17) is 5.73 Å². The summed E-state index contributed by atoms with van der Waals surface area (Å²) in [4.78, 5) is 14.1. The quantitative estimate of drug-likeness (QED) is 0.798. The standard InChI is InChI=1S/C13H26N2O/c1-9(2)12(14)6-13(16)15-7-10(3)5-11(4)8-15/h9-12H,5-8,14H2,1-4H3. The van der Waals surface area contributed by atoms with Crippen molar-refractivity contribution in [2.24, 2.45) is 23.5 Å². The van der Waals surface area contributed by atoms with Gasteiger partial charge in [0.1, 0.15) is 0 Å². The second kappa shape index (κ2) is 5.67. The Morgan fingerprint density at radius 2 is 1.81 bits per heavy atom. The fourth-order valence-electron chi connectivity index (χ4n) is 2.43. The molecule has 0 aromatic rings. The van der Waals surface area contributed by atoms with Crippen molar-refractivity contribution in [3.05, 3.63) is 0 Å². The maximum atomic E-state index is 12.0. The van der Waals surface area contributed by atoms with Gasteiger partial charge in [-0.15, -0.1) is 0 Å². The summed E-state index contributed by atoms with van der Waals surface area (Å²) in [6.45, 7) is 10.4. The first kappa shape index (κ1) is 13.5. The van der Waals surface area contributed by atoms with E-state index in [9.17, 15) is 4.79 Å². The van der Waals surface area contributed by atoms with E-state index < -0.39 is 0 Å². The number of rotatable bonds is 3. The van der Waals surface area contributed by atoms with Gasteiger partial charge in [-0.25, -0.2) is 0 Å². The van der Waals surface area contributed by atoms with Crippen molar-refractivity contribution in [2.45, 2.75) is 46.6 Å². The van der Waals surface area contributed by atoms with Gasteiger partial charge < -0.3 is 10.6 Å². The number of hydrogen-bond donors (Lipinski definition) is 1. The Labute approximate surface area is 99.4 Å². The number of piperidine rings is 1. The van der Waals surface area contributed by atoms with Crippen LogP contribution in [0.5, 0.6) is 0 Å². The molecule has 0 saturated carbocycles. The molecular weight excluding hydrogens is 200 g/mol. The van der Waals surface area contributed by atoms with Crippen LogP contribution < -0.4 is 5.73 Å². The molecule has 1 amide bonds. The van der Waals surface area contributed by atoms with Gasteiger partial charge in [0.2, 0.25) is 5.91 Å². The van der Waals surface area contributed by atoms with E-state index >= 15 is 0 Å². The van der Waals surface area contributed by atoms with E-state index in [0.29, 0.717) is 24.2 Å². The lowest BCUT2D eigenvalue weighted by Gasteiger charge is -2.35. The summed E-state index contributed by atoms with van der Waals surface area (Å²) < 4.78 is 0. The first-order valence-electron chi connectivity index (χ1n) is 6.43. The van der Waals surface area contributed by atoms with Crippen LogP contribution in [0.2, 0.25) is 0 Å². The average molecular weight is 226 g/mol. The number of nitrogens with two attached hydrogens (primary N) is 1. The third-order valence-corrected chi connectivity index (χ3v) is 3.49. The smallest absolute Gasteiger partial charge is 0.224 e. The molecule has 0 spiro atoms. The van der Waals surface area contributed by atoms with E-state index in [-0.39, 0.29) is 11.9 Å². The second-order valence-corrected chi connectivity index (χ2v) is 5.86. The summed E-state index contributed by atoms with van der Waals surface area (Å²) >= 11 is 0. The van der Waals surface area contributed by atoms with Gasteiger partial charge in [0.15, 0.2) is 0 Å². The Bertz CT molecular complexity index is 230. The molecule has 2 N–H and O–H groups in total. The topological polar surface area (TPSA) is 46.3 Å². The molecule has 1 heterocycles. The summed E-state index contributed by atoms with van der Waals surface area (Å²) in [5.74, 6) is 1.87. The fraction of sp³-hybridized carbons (Fsp3) is 0.923. The molecule has 0 aliphatic carbocycles. The third kappa shape index (κ3) is 3.78. The average Bonchev–Trinajstić information content (AvgIpc) is 2.15. The highest BCUT2D eigenvalue weighted by Gasteiger charge is 2.26. The molecule has 0 aromatic carbocycles. The summed E-state index contributed by atoms with van der Waals surface area (Å²) in [6, 6.07) is 0.0000359. The molecule has 1 aliphatic heterocycles. The van der Waals surface area contributed by atoms with Gasteiger partial charge in [-0.1, -0.05) is 27.7 Å². The summed E-state index contributed by atoms with van der Waals surface area (Å²) in [5, 5.41) is 0. The highest BCUT2D eigenvalue weighted by atomic mass is 16.2. The highest BCUT2D eigenvalue weighted by molar-refractivity contribution is 5.77. The Morgan fingerprint density at radius 1 is 1.31 bits per heavy atom. The molecular formula is C13H26N2O. The van der Waals surface area contributed by atoms with E-state index in [1.54, 1.807) is 0 Å². The predicted molar refractivity (Wildman–Crippen MR) is 67.0 cm³/mol. The zero-order valence-corrected chi connectivity index (χ0v) is 11.1. The lowest BCUT2D eigenvalue weighted by atomic mass is 9.91. The lowest BCUT2D eigenvalue weighted by molar-refractivity contribution is -0.134. The molecule has 3 atom stereocenters. The van der Waals surface area contributed by atoms with E-state index in [1.165, 1.54) is 6.42 Å². The number of amides is 1. The van der Waals surface area contributed by atoms with Gasteiger partial charge >= 0.3 is 0 Å². The molecule has 3 nitrogen and oxygen atoms in total. The molecule has 1 aliphatic rings. The van der Waals surface area contributed by atoms with Crippen LogP contribution in [0, 0.1) is 17.8 Å². The number of carbonyl (C=O) groups is 1. The van der Waals surface area contributed by atoms with Gasteiger partial charge in [0.25, 0.3) is 0 Å². The molecule has 0 radical (unpaired) electrons. The normalized spacial score (nSPS) is 28.2. The number of carbonyl (C=O) groups excluding carboxylic acids is 1. The van der Waals surface area contributed by atoms with Crippen molar-refractivity contribution >= 4 is 5.91 Å². The molecule has 3 unspecified atom stereocenters. The minimum atomic E-state index is 0.0000359. The highest BCUT2D eigenvalue weighted by Crippen LogP contribution is 2.21. The maximum Gasteiger partial charge on any atom is 0.224 e. The van der Waals surface area contributed by atoms with Crippen LogP contribution in [0.1, 0.15) is 40.5 Å². The predicted octanol–water partition coefficient (Wildman–Crippen LogP) is 1.86. The lowest BCUT2D eigenvalue weighted by Crippen LogP contribution is -2.45. The molecule has 0 aromatic heterocycles. The molecule has 16 heavy (non-hydrogen) atoms. The monoisotopic (exact) mass is 226 g/mol. The van der Waals surface area contributed by atoms with E-state index in [2.05, 4.69) is 27.7 Å². The van der Waals surface area contributed by atoms with Crippen LogP contribution in [0.15, 0.2) is 0 Å². The van der Waals surface area contributed by atoms with Crippen molar-refractivity contribution in [3.8, 4) is 0 Å². The minimum Gasteiger partial charge on any atom is -0.342 e. The van der Waals surface area contributed by atoms with Crippen LogP contribution >= 0.6 is 0 Å². The second-order valence-electron chi connectivity index (χ2n) is 5.86. The van der Waals surface area contributed by atoms with Crippen LogP contribution in [0.4, 0.5) is 0 Å². The molecule has 3 heteroatoms. The van der Waals surface area contributed by atoms with Crippen molar-refractivity contribution in [2.75, 3.05) is 13.1 Å². The maximum absolute atomic E-state index is 12.0. The number of nitrogens with zero attached hydrogens (tertiary/aromatic N) is 1. The van der Waals surface area contributed by atoms with E-state index in [1.807, 2.05) is 4.90 Å².